The van der Waals surface area contributed by atoms with Crippen molar-refractivity contribution in [2.75, 3.05) is 14.2 Å². The zero-order valence-electron chi connectivity index (χ0n) is 21.1. The first-order valence-electron chi connectivity index (χ1n) is 11.8. The van der Waals surface area contributed by atoms with Crippen molar-refractivity contribution in [2.24, 2.45) is 0 Å². The van der Waals surface area contributed by atoms with Gasteiger partial charge in [-0.15, -0.1) is 0 Å². The minimum Gasteiger partial charge on any atom is -0.507 e. The number of aryl methyl sites for hydroxylation is 2. The van der Waals surface area contributed by atoms with Gasteiger partial charge in [0.2, 0.25) is 0 Å². The fraction of sp³-hybridized carbons (Fsp3) is 0.250. The number of rotatable bonds is 8. The third-order valence-electron chi connectivity index (χ3n) is 6.59. The second-order valence-electron chi connectivity index (χ2n) is 8.95. The summed E-state index contributed by atoms with van der Waals surface area (Å²) in [7, 11) is 2.72. The molecule has 10 heteroatoms. The number of fused-ring (bicyclic) bond motifs is 1. The summed E-state index contributed by atoms with van der Waals surface area (Å²) in [6, 6.07) is 12.5. The molecule has 0 radical (unpaired) electrons. The molecule has 4 rings (SSSR count). The van der Waals surface area contributed by atoms with Gasteiger partial charge in [-0.3, -0.25) is 14.4 Å². The predicted octanol–water partition coefficient (Wildman–Crippen LogP) is 3.06. The van der Waals surface area contributed by atoms with Crippen molar-refractivity contribution in [2.45, 2.75) is 32.2 Å². The lowest BCUT2D eigenvalue weighted by Gasteiger charge is -2.20. The third kappa shape index (κ3) is 5.19. The first-order chi connectivity index (χ1) is 18.1. The maximum Gasteiger partial charge on any atom is 0.306 e. The van der Waals surface area contributed by atoms with Crippen LogP contribution in [0.25, 0.3) is 10.9 Å². The van der Waals surface area contributed by atoms with E-state index in [0.29, 0.717) is 34.3 Å². The summed E-state index contributed by atoms with van der Waals surface area (Å²) in [6.07, 6.45) is -0.0242. The Hall–Kier alpha value is -4.73. The summed E-state index contributed by atoms with van der Waals surface area (Å²) in [5.74, 6) is -2.07. The molecule has 0 aliphatic rings. The van der Waals surface area contributed by atoms with E-state index < -0.39 is 23.0 Å². The number of hydrogen-bond donors (Lipinski definition) is 4. The van der Waals surface area contributed by atoms with Gasteiger partial charge in [0.25, 0.3) is 11.1 Å². The van der Waals surface area contributed by atoms with Gasteiger partial charge in [0, 0.05) is 34.6 Å². The van der Waals surface area contributed by atoms with Crippen molar-refractivity contribution in [3.05, 3.63) is 91.6 Å². The van der Waals surface area contributed by atoms with Gasteiger partial charge in [-0.05, 0) is 61.4 Å². The largest absolute Gasteiger partial charge is 0.507 e. The van der Waals surface area contributed by atoms with Gasteiger partial charge in [0.1, 0.15) is 11.5 Å². The van der Waals surface area contributed by atoms with Crippen molar-refractivity contribution in [3.63, 3.8) is 0 Å². The van der Waals surface area contributed by atoms with E-state index in [0.717, 1.165) is 0 Å². The molecular formula is C28H28N2O8. The van der Waals surface area contributed by atoms with Gasteiger partial charge in [0.15, 0.2) is 11.5 Å². The zero-order chi connectivity index (χ0) is 27.6. The number of hydrogen-bond acceptors (Lipinski definition) is 8. The SMILES string of the molecule is COC(=O)CC(c1cc2cc(OC)ccc2[nH]c1=O)c1c(O)cc(C)n(CCc2ccc(O)c(O)c2)c1=O. The average Bonchev–Trinajstić information content (AvgIpc) is 2.89. The molecule has 1 unspecified atom stereocenters. The molecule has 0 amide bonds. The van der Waals surface area contributed by atoms with Gasteiger partial charge in [0.05, 0.1) is 26.2 Å². The van der Waals surface area contributed by atoms with E-state index >= 15 is 0 Å². The molecule has 2 aromatic heterocycles. The summed E-state index contributed by atoms with van der Waals surface area (Å²) < 4.78 is 11.5. The molecule has 2 heterocycles. The normalized spacial score (nSPS) is 11.9. The smallest absolute Gasteiger partial charge is 0.306 e. The number of nitrogens with one attached hydrogen (secondary N) is 1. The first-order valence-corrected chi connectivity index (χ1v) is 11.8. The number of esters is 1. The molecule has 0 saturated heterocycles. The second kappa shape index (κ2) is 10.7. The van der Waals surface area contributed by atoms with E-state index in [1.807, 2.05) is 0 Å². The van der Waals surface area contributed by atoms with E-state index in [2.05, 4.69) is 4.98 Å². The van der Waals surface area contributed by atoms with Crippen LogP contribution in [0.2, 0.25) is 0 Å². The van der Waals surface area contributed by atoms with E-state index in [1.165, 1.54) is 37.0 Å². The minimum atomic E-state index is -1.10. The molecule has 1 atom stereocenters. The number of phenolic OH excluding ortho intramolecular Hbond substituents is 2. The Morgan fingerprint density at radius 1 is 0.974 bits per heavy atom. The van der Waals surface area contributed by atoms with Crippen LogP contribution in [0.15, 0.2) is 58.1 Å². The molecule has 0 fully saturated rings. The number of carbonyl (C=O) groups excluding carboxylic acids is 1. The number of H-pyrrole nitrogens is 1. The highest BCUT2D eigenvalue weighted by atomic mass is 16.5. The van der Waals surface area contributed by atoms with Crippen LogP contribution in [0.1, 0.15) is 34.7 Å². The molecule has 10 nitrogen and oxygen atoms in total. The van der Waals surface area contributed by atoms with Crippen LogP contribution < -0.4 is 15.9 Å². The summed E-state index contributed by atoms with van der Waals surface area (Å²) in [4.78, 5) is 42.1. The lowest BCUT2D eigenvalue weighted by Crippen LogP contribution is -2.31. The number of phenols is 2. The molecule has 2 aromatic carbocycles. The number of ether oxygens (including phenoxy) is 2. The quantitative estimate of drug-likeness (QED) is 0.204. The number of aromatic amines is 1. The lowest BCUT2D eigenvalue weighted by atomic mass is 9.88. The number of pyridine rings is 2. The number of carbonyl (C=O) groups is 1. The van der Waals surface area contributed by atoms with Crippen LogP contribution in [-0.2, 0) is 22.5 Å². The van der Waals surface area contributed by atoms with E-state index in [9.17, 15) is 29.7 Å². The van der Waals surface area contributed by atoms with Crippen LogP contribution in [0, 0.1) is 6.92 Å². The van der Waals surface area contributed by atoms with Gasteiger partial charge in [-0.25, -0.2) is 0 Å². The molecule has 38 heavy (non-hydrogen) atoms. The summed E-state index contributed by atoms with van der Waals surface area (Å²) in [5.41, 5.74) is 0.607. The Morgan fingerprint density at radius 2 is 1.74 bits per heavy atom. The lowest BCUT2D eigenvalue weighted by molar-refractivity contribution is -0.140. The maximum atomic E-state index is 13.7. The minimum absolute atomic E-state index is 0.109. The molecular weight excluding hydrogens is 492 g/mol. The summed E-state index contributed by atoms with van der Waals surface area (Å²) in [5, 5.41) is 30.9. The number of nitrogens with zero attached hydrogens (tertiary/aromatic N) is 1. The van der Waals surface area contributed by atoms with E-state index in [1.54, 1.807) is 37.3 Å². The van der Waals surface area contributed by atoms with E-state index in [-0.39, 0.29) is 41.3 Å². The molecule has 0 spiro atoms. The monoisotopic (exact) mass is 520 g/mol. The van der Waals surface area contributed by atoms with Crippen LogP contribution in [0.3, 0.4) is 0 Å². The number of aromatic hydroxyl groups is 3. The van der Waals surface area contributed by atoms with Gasteiger partial charge in [-0.2, -0.15) is 0 Å². The second-order valence-corrected chi connectivity index (χ2v) is 8.95. The van der Waals surface area contributed by atoms with E-state index in [4.69, 9.17) is 9.47 Å². The molecule has 0 aliphatic carbocycles. The van der Waals surface area contributed by atoms with Gasteiger partial charge < -0.3 is 34.3 Å². The van der Waals surface area contributed by atoms with Crippen LogP contribution in [0.4, 0.5) is 0 Å². The zero-order valence-corrected chi connectivity index (χ0v) is 21.1. The number of aromatic nitrogens is 2. The van der Waals surface area contributed by atoms with Crippen LogP contribution >= 0.6 is 0 Å². The fourth-order valence-corrected chi connectivity index (χ4v) is 4.54. The Kier molecular flexibility index (Phi) is 7.43. The summed E-state index contributed by atoms with van der Waals surface area (Å²) >= 11 is 0. The molecule has 198 valence electrons. The fourth-order valence-electron chi connectivity index (χ4n) is 4.54. The Labute approximate surface area is 217 Å². The highest BCUT2D eigenvalue weighted by Crippen LogP contribution is 2.33. The highest BCUT2D eigenvalue weighted by Gasteiger charge is 2.29. The topological polar surface area (TPSA) is 151 Å². The van der Waals surface area contributed by atoms with Gasteiger partial charge >= 0.3 is 5.97 Å². The van der Waals surface area contributed by atoms with Gasteiger partial charge in [-0.1, -0.05) is 6.07 Å². The molecule has 0 bridgehead atoms. The highest BCUT2D eigenvalue weighted by molar-refractivity contribution is 5.81. The van der Waals surface area contributed by atoms with Crippen LogP contribution in [0.5, 0.6) is 23.0 Å². The standard InChI is InChI=1S/C28H28N2O8/c1-15-10-24(33)26(28(36)30(15)9-8-16-4-7-22(31)23(32)11-16)19(14-25(34)38-3)20-13-17-12-18(37-2)5-6-21(17)29-27(20)35/h4-7,10-13,19,31-33H,8-9,14H2,1-3H3,(H,29,35). The molecule has 4 aromatic rings. The molecule has 0 aliphatic heterocycles. The third-order valence-corrected chi connectivity index (χ3v) is 6.59. The maximum absolute atomic E-state index is 13.7. The van der Waals surface area contributed by atoms with Crippen LogP contribution in [-0.4, -0.2) is 45.1 Å². The first kappa shape index (κ1) is 26.3. The Balaban J connectivity index is 1.84. The van der Waals surface area contributed by atoms with Crippen molar-refractivity contribution in [1.82, 2.24) is 9.55 Å². The van der Waals surface area contributed by atoms with Crippen molar-refractivity contribution < 1.29 is 29.6 Å². The Bertz CT molecular complexity index is 1640. The van der Waals surface area contributed by atoms with Crippen molar-refractivity contribution >= 4 is 16.9 Å². The Morgan fingerprint density at radius 3 is 2.42 bits per heavy atom. The molecule has 0 saturated carbocycles. The molecule has 4 N–H and O–H groups in total. The number of methoxy groups -OCH3 is 2. The number of benzene rings is 2. The van der Waals surface area contributed by atoms with Crippen molar-refractivity contribution in [1.29, 1.82) is 0 Å². The average molecular weight is 521 g/mol. The predicted molar refractivity (Wildman–Crippen MR) is 140 cm³/mol. The van der Waals surface area contributed by atoms with Crippen molar-refractivity contribution in [3.8, 4) is 23.0 Å². The summed E-state index contributed by atoms with van der Waals surface area (Å²) in [6.45, 7) is 1.84.